The van der Waals surface area contributed by atoms with E-state index in [0.29, 0.717) is 15.9 Å². The van der Waals surface area contributed by atoms with E-state index in [-0.39, 0.29) is 0 Å². The van der Waals surface area contributed by atoms with Gasteiger partial charge in [-0.05, 0) is 24.3 Å². The highest BCUT2D eigenvalue weighted by atomic mass is 35.5. The van der Waals surface area contributed by atoms with Gasteiger partial charge in [0.05, 0.1) is 10.0 Å². The highest BCUT2D eigenvalue weighted by Crippen LogP contribution is 2.33. The first-order valence-corrected chi connectivity index (χ1v) is 6.43. The molecule has 19 heavy (non-hydrogen) atoms. The summed E-state index contributed by atoms with van der Waals surface area (Å²) in [5.74, 6) is 0.665. The minimum Gasteiger partial charge on any atom is -0.282 e. The van der Waals surface area contributed by atoms with Gasteiger partial charge in [-0.15, -0.1) is 10.2 Å². The van der Waals surface area contributed by atoms with Crippen molar-refractivity contribution >= 4 is 23.2 Å². The Morgan fingerprint density at radius 1 is 0.895 bits per heavy atom. The molecule has 0 aliphatic carbocycles. The molecule has 0 spiro atoms. The van der Waals surface area contributed by atoms with Crippen LogP contribution in [0.15, 0.2) is 54.9 Å². The third-order valence-corrected chi connectivity index (χ3v) is 3.59. The number of hydrogen-bond acceptors (Lipinski definition) is 2. The van der Waals surface area contributed by atoms with Crippen LogP contribution >= 0.6 is 23.2 Å². The summed E-state index contributed by atoms with van der Waals surface area (Å²) in [6.45, 7) is 0. The summed E-state index contributed by atoms with van der Waals surface area (Å²) in [5.41, 5.74) is 1.73. The van der Waals surface area contributed by atoms with E-state index in [1.807, 2.05) is 47.0 Å². The van der Waals surface area contributed by atoms with Gasteiger partial charge in [0.25, 0.3) is 0 Å². The molecule has 3 rings (SSSR count). The number of para-hydroxylation sites is 1. The second-order valence-corrected chi connectivity index (χ2v) is 4.75. The Morgan fingerprint density at radius 3 is 2.47 bits per heavy atom. The summed E-state index contributed by atoms with van der Waals surface area (Å²) in [5, 5.41) is 9.07. The third kappa shape index (κ3) is 2.23. The lowest BCUT2D eigenvalue weighted by Gasteiger charge is -2.08. The van der Waals surface area contributed by atoms with Crippen LogP contribution in [0.1, 0.15) is 0 Å². The number of nitrogens with zero attached hydrogens (tertiary/aromatic N) is 3. The average molecular weight is 290 g/mol. The maximum Gasteiger partial charge on any atom is 0.169 e. The second-order valence-electron chi connectivity index (χ2n) is 3.96. The lowest BCUT2D eigenvalue weighted by Crippen LogP contribution is -1.96. The van der Waals surface area contributed by atoms with Gasteiger partial charge in [-0.1, -0.05) is 47.5 Å². The van der Waals surface area contributed by atoms with Gasteiger partial charge in [-0.25, -0.2) is 0 Å². The van der Waals surface area contributed by atoms with Gasteiger partial charge in [0.1, 0.15) is 6.33 Å². The SMILES string of the molecule is Clc1cccc(-c2nncn2-c2ccccc2)c1Cl. The van der Waals surface area contributed by atoms with Crippen molar-refractivity contribution in [2.75, 3.05) is 0 Å². The van der Waals surface area contributed by atoms with E-state index in [1.165, 1.54) is 0 Å². The van der Waals surface area contributed by atoms with Crippen molar-refractivity contribution in [1.82, 2.24) is 14.8 Å². The van der Waals surface area contributed by atoms with Crippen molar-refractivity contribution in [3.05, 3.63) is 64.9 Å². The highest BCUT2D eigenvalue weighted by Gasteiger charge is 2.13. The van der Waals surface area contributed by atoms with Gasteiger partial charge in [-0.2, -0.15) is 0 Å². The fraction of sp³-hybridized carbons (Fsp3) is 0. The van der Waals surface area contributed by atoms with Crippen molar-refractivity contribution in [3.8, 4) is 17.1 Å². The van der Waals surface area contributed by atoms with Gasteiger partial charge >= 0.3 is 0 Å². The molecule has 0 N–H and O–H groups in total. The number of rotatable bonds is 2. The van der Waals surface area contributed by atoms with E-state index >= 15 is 0 Å². The van der Waals surface area contributed by atoms with Crippen LogP contribution in [0.3, 0.4) is 0 Å². The first kappa shape index (κ1) is 12.2. The van der Waals surface area contributed by atoms with E-state index in [9.17, 15) is 0 Å². The predicted molar refractivity (Wildman–Crippen MR) is 76.8 cm³/mol. The van der Waals surface area contributed by atoms with Crippen LogP contribution in [0.2, 0.25) is 10.0 Å². The van der Waals surface area contributed by atoms with Crippen molar-refractivity contribution in [1.29, 1.82) is 0 Å². The molecule has 0 fully saturated rings. The normalized spacial score (nSPS) is 10.6. The Labute approximate surface area is 120 Å². The van der Waals surface area contributed by atoms with Crippen LogP contribution in [0.25, 0.3) is 17.1 Å². The van der Waals surface area contributed by atoms with Gasteiger partial charge in [0.2, 0.25) is 0 Å². The first-order chi connectivity index (χ1) is 9.27. The zero-order valence-corrected chi connectivity index (χ0v) is 11.3. The van der Waals surface area contributed by atoms with Gasteiger partial charge in [-0.3, -0.25) is 4.57 Å². The van der Waals surface area contributed by atoms with Crippen molar-refractivity contribution in [2.24, 2.45) is 0 Å². The van der Waals surface area contributed by atoms with E-state index in [4.69, 9.17) is 23.2 Å². The molecule has 0 unspecified atom stereocenters. The molecular weight excluding hydrogens is 281 g/mol. The minimum atomic E-state index is 0.481. The van der Waals surface area contributed by atoms with E-state index in [1.54, 1.807) is 12.4 Å². The molecule has 0 saturated heterocycles. The lowest BCUT2D eigenvalue weighted by molar-refractivity contribution is 1.06. The molecule has 0 amide bonds. The fourth-order valence-electron chi connectivity index (χ4n) is 1.87. The highest BCUT2D eigenvalue weighted by molar-refractivity contribution is 6.43. The molecule has 0 bridgehead atoms. The molecule has 1 aromatic heterocycles. The Kier molecular flexibility index (Phi) is 3.23. The number of aromatic nitrogens is 3. The topological polar surface area (TPSA) is 30.7 Å². The molecule has 1 heterocycles. The van der Waals surface area contributed by atoms with Gasteiger partial charge in [0.15, 0.2) is 5.82 Å². The van der Waals surface area contributed by atoms with Crippen molar-refractivity contribution in [3.63, 3.8) is 0 Å². The fourth-order valence-corrected chi connectivity index (χ4v) is 2.26. The zero-order chi connectivity index (χ0) is 13.2. The molecule has 0 aliphatic heterocycles. The summed E-state index contributed by atoms with van der Waals surface area (Å²) >= 11 is 12.3. The Bertz CT molecular complexity index is 708. The average Bonchev–Trinajstić information content (AvgIpc) is 2.92. The summed E-state index contributed by atoms with van der Waals surface area (Å²) in [6.07, 6.45) is 1.65. The molecule has 94 valence electrons. The van der Waals surface area contributed by atoms with E-state index in [2.05, 4.69) is 10.2 Å². The molecule has 3 nitrogen and oxygen atoms in total. The molecule has 0 aliphatic rings. The van der Waals surface area contributed by atoms with E-state index < -0.39 is 0 Å². The molecule has 0 saturated carbocycles. The maximum absolute atomic E-state index is 6.23. The van der Waals surface area contributed by atoms with Gasteiger partial charge in [0, 0.05) is 11.3 Å². The molecule has 2 aromatic carbocycles. The number of hydrogen-bond donors (Lipinski definition) is 0. The van der Waals surface area contributed by atoms with Gasteiger partial charge < -0.3 is 0 Å². The standard InChI is InChI=1S/C14H9Cl2N3/c15-12-8-4-7-11(13(12)16)14-18-17-9-19(14)10-5-2-1-3-6-10/h1-9H. The lowest BCUT2D eigenvalue weighted by atomic mass is 10.2. The first-order valence-electron chi connectivity index (χ1n) is 5.67. The van der Waals surface area contributed by atoms with Crippen LogP contribution in [0, 0.1) is 0 Å². The summed E-state index contributed by atoms with van der Waals surface area (Å²) < 4.78 is 1.87. The second kappa shape index (κ2) is 5.03. The third-order valence-electron chi connectivity index (χ3n) is 2.77. The number of halogens is 2. The molecule has 0 atom stereocenters. The van der Waals surface area contributed by atoms with Crippen molar-refractivity contribution < 1.29 is 0 Å². The summed E-state index contributed by atoms with van der Waals surface area (Å²) in [7, 11) is 0. The quantitative estimate of drug-likeness (QED) is 0.706. The summed E-state index contributed by atoms with van der Waals surface area (Å²) in [4.78, 5) is 0. The smallest absolute Gasteiger partial charge is 0.169 e. The molecule has 3 aromatic rings. The molecular formula is C14H9Cl2N3. The van der Waals surface area contributed by atoms with Crippen LogP contribution < -0.4 is 0 Å². The van der Waals surface area contributed by atoms with Crippen LogP contribution in [-0.4, -0.2) is 14.8 Å². The largest absolute Gasteiger partial charge is 0.282 e. The monoisotopic (exact) mass is 289 g/mol. The predicted octanol–water partition coefficient (Wildman–Crippen LogP) is 4.24. The zero-order valence-electron chi connectivity index (χ0n) is 9.79. The van der Waals surface area contributed by atoms with E-state index in [0.717, 1.165) is 11.3 Å². The molecule has 0 radical (unpaired) electrons. The maximum atomic E-state index is 6.23. The van der Waals surface area contributed by atoms with Crippen molar-refractivity contribution in [2.45, 2.75) is 0 Å². The van der Waals surface area contributed by atoms with Crippen LogP contribution in [-0.2, 0) is 0 Å². The minimum absolute atomic E-state index is 0.481. The molecule has 5 heteroatoms. The summed E-state index contributed by atoms with van der Waals surface area (Å²) in [6, 6.07) is 15.3. The van der Waals surface area contributed by atoms with Crippen LogP contribution in [0.5, 0.6) is 0 Å². The Hall–Kier alpha value is -1.84. The Balaban J connectivity index is 2.18. The number of benzene rings is 2. The Morgan fingerprint density at radius 2 is 1.68 bits per heavy atom. The van der Waals surface area contributed by atoms with Crippen LogP contribution in [0.4, 0.5) is 0 Å².